The SMILES string of the molecule is COc1cccc(-n2c(SCC(=O)Nc3ncc(S(=O)(=O)c4ccc([N+](=O)[O-])cc4)s3)nc3ccccc3c2=O)c1. The minimum atomic E-state index is -4.00. The smallest absolute Gasteiger partial charge is 0.269 e. The van der Waals surface area contributed by atoms with Gasteiger partial charge in [0.1, 0.15) is 9.96 Å². The summed E-state index contributed by atoms with van der Waals surface area (Å²) in [6, 6.07) is 18.3. The van der Waals surface area contributed by atoms with E-state index in [4.69, 9.17) is 4.74 Å². The summed E-state index contributed by atoms with van der Waals surface area (Å²) in [4.78, 5) is 44.9. The van der Waals surface area contributed by atoms with Crippen LogP contribution in [-0.4, -0.2) is 46.6 Å². The zero-order chi connectivity index (χ0) is 29.1. The molecule has 0 aliphatic rings. The molecule has 0 aliphatic carbocycles. The molecule has 12 nitrogen and oxygen atoms in total. The van der Waals surface area contributed by atoms with E-state index in [1.54, 1.807) is 48.5 Å². The van der Waals surface area contributed by atoms with Crippen LogP contribution in [0.15, 0.2) is 98.0 Å². The number of carbonyl (C=O) groups excluding carboxylic acids is 1. The molecule has 0 fully saturated rings. The Labute approximate surface area is 240 Å². The van der Waals surface area contributed by atoms with Crippen LogP contribution in [0.4, 0.5) is 10.8 Å². The van der Waals surface area contributed by atoms with Crippen LogP contribution in [0.2, 0.25) is 0 Å². The van der Waals surface area contributed by atoms with Crippen molar-refractivity contribution in [1.82, 2.24) is 14.5 Å². The molecule has 0 atom stereocenters. The minimum Gasteiger partial charge on any atom is -0.497 e. The molecule has 0 bridgehead atoms. The summed E-state index contributed by atoms with van der Waals surface area (Å²) in [6.07, 6.45) is 1.11. The zero-order valence-electron chi connectivity index (χ0n) is 21.1. The van der Waals surface area contributed by atoms with Gasteiger partial charge in [-0.3, -0.25) is 24.3 Å². The van der Waals surface area contributed by atoms with Crippen molar-refractivity contribution >= 4 is 60.6 Å². The van der Waals surface area contributed by atoms with Gasteiger partial charge in [-0.25, -0.2) is 18.4 Å². The van der Waals surface area contributed by atoms with Crippen molar-refractivity contribution in [2.45, 2.75) is 14.3 Å². The molecule has 1 amide bonds. The van der Waals surface area contributed by atoms with Gasteiger partial charge in [-0.1, -0.05) is 41.3 Å². The van der Waals surface area contributed by atoms with Gasteiger partial charge in [0.15, 0.2) is 10.3 Å². The molecule has 0 saturated heterocycles. The van der Waals surface area contributed by atoms with Crippen LogP contribution in [0.5, 0.6) is 5.75 Å². The van der Waals surface area contributed by atoms with Gasteiger partial charge < -0.3 is 10.1 Å². The highest BCUT2D eigenvalue weighted by atomic mass is 32.2. The molecule has 3 aromatic carbocycles. The first-order valence-corrected chi connectivity index (χ1v) is 15.0. The number of nitro groups is 1. The summed E-state index contributed by atoms with van der Waals surface area (Å²) in [7, 11) is -2.49. The Morgan fingerprint density at radius 3 is 2.61 bits per heavy atom. The number of ether oxygens (including phenoxy) is 1. The molecule has 0 radical (unpaired) electrons. The fraction of sp³-hybridized carbons (Fsp3) is 0.0769. The summed E-state index contributed by atoms with van der Waals surface area (Å²) >= 11 is 1.77. The fourth-order valence-corrected chi connectivity index (χ4v) is 7.04. The van der Waals surface area contributed by atoms with E-state index in [9.17, 15) is 28.1 Å². The lowest BCUT2D eigenvalue weighted by molar-refractivity contribution is -0.384. The first-order chi connectivity index (χ1) is 19.7. The van der Waals surface area contributed by atoms with Gasteiger partial charge in [0.25, 0.3) is 11.2 Å². The third-order valence-corrected chi connectivity index (χ3v) is 9.82. The van der Waals surface area contributed by atoms with Crippen molar-refractivity contribution in [3.63, 3.8) is 0 Å². The van der Waals surface area contributed by atoms with E-state index in [-0.39, 0.29) is 36.4 Å². The number of non-ortho nitro benzene ring substituents is 1. The number of hydrogen-bond acceptors (Lipinski definition) is 11. The number of anilines is 1. The number of nitro benzene ring substituents is 1. The number of benzene rings is 3. The summed E-state index contributed by atoms with van der Waals surface area (Å²) in [5.74, 6) is -0.110. The van der Waals surface area contributed by atoms with Crippen molar-refractivity contribution in [3.05, 3.63) is 99.5 Å². The second-order valence-electron chi connectivity index (χ2n) is 8.33. The number of hydrogen-bond donors (Lipinski definition) is 1. The van der Waals surface area contributed by atoms with E-state index in [1.165, 1.54) is 11.7 Å². The number of fused-ring (bicyclic) bond motifs is 1. The number of thioether (sulfide) groups is 1. The van der Waals surface area contributed by atoms with Crippen LogP contribution in [0.1, 0.15) is 0 Å². The van der Waals surface area contributed by atoms with Gasteiger partial charge >= 0.3 is 0 Å². The Morgan fingerprint density at radius 1 is 1.12 bits per heavy atom. The summed E-state index contributed by atoms with van der Waals surface area (Å²) in [5.41, 5.74) is 0.432. The van der Waals surface area contributed by atoms with Crippen LogP contribution in [-0.2, 0) is 14.6 Å². The van der Waals surface area contributed by atoms with Crippen molar-refractivity contribution in [2.24, 2.45) is 0 Å². The Bertz CT molecular complexity index is 1950. The predicted molar refractivity (Wildman–Crippen MR) is 154 cm³/mol. The van der Waals surface area contributed by atoms with Crippen LogP contribution in [0.3, 0.4) is 0 Å². The highest BCUT2D eigenvalue weighted by molar-refractivity contribution is 7.99. The number of carbonyl (C=O) groups is 1. The van der Waals surface area contributed by atoms with Gasteiger partial charge in [-0.15, -0.1) is 0 Å². The molecular formula is C26H19N5O7S3. The standard InChI is InChI=1S/C26H19N5O7S3/c1-38-18-6-4-5-17(13-18)30-24(33)20-7-2-3-8-21(20)28-26(30)39-15-22(32)29-25-27-14-23(40-25)41(36,37)19-11-9-16(10-12-19)31(34)35/h2-14H,15H2,1H3,(H,27,29,32). The molecule has 41 heavy (non-hydrogen) atoms. The highest BCUT2D eigenvalue weighted by Crippen LogP contribution is 2.30. The number of nitrogens with zero attached hydrogens (tertiary/aromatic N) is 4. The van der Waals surface area contributed by atoms with E-state index in [1.807, 2.05) is 0 Å². The van der Waals surface area contributed by atoms with Gasteiger partial charge in [0.05, 0.1) is 45.5 Å². The molecule has 0 saturated carbocycles. The van der Waals surface area contributed by atoms with Gasteiger partial charge in [0, 0.05) is 18.2 Å². The van der Waals surface area contributed by atoms with E-state index in [0.29, 0.717) is 22.3 Å². The first kappa shape index (κ1) is 27.9. The van der Waals surface area contributed by atoms with Gasteiger partial charge in [-0.05, 0) is 36.4 Å². The maximum absolute atomic E-state index is 13.4. The maximum Gasteiger partial charge on any atom is 0.269 e. The zero-order valence-corrected chi connectivity index (χ0v) is 23.5. The molecule has 0 unspecified atom stereocenters. The number of aromatic nitrogens is 3. The summed E-state index contributed by atoms with van der Waals surface area (Å²) in [5, 5.41) is 14.2. The molecule has 0 spiro atoms. The molecule has 1 N–H and O–H groups in total. The maximum atomic E-state index is 13.4. The minimum absolute atomic E-state index is 0.0488. The Balaban J connectivity index is 1.36. The van der Waals surface area contributed by atoms with Crippen LogP contribution in [0, 0.1) is 10.1 Å². The van der Waals surface area contributed by atoms with E-state index in [0.717, 1.165) is 53.6 Å². The van der Waals surface area contributed by atoms with E-state index < -0.39 is 20.7 Å². The number of methoxy groups -OCH3 is 1. The van der Waals surface area contributed by atoms with Crippen LogP contribution < -0.4 is 15.6 Å². The number of nitrogens with one attached hydrogen (secondary N) is 1. The van der Waals surface area contributed by atoms with Crippen LogP contribution in [0.25, 0.3) is 16.6 Å². The highest BCUT2D eigenvalue weighted by Gasteiger charge is 2.23. The Hall–Kier alpha value is -4.60. The molecule has 2 aromatic heterocycles. The predicted octanol–water partition coefficient (Wildman–Crippen LogP) is 4.32. The monoisotopic (exact) mass is 609 g/mol. The molecule has 5 rings (SSSR count). The van der Waals surface area contributed by atoms with Crippen molar-refractivity contribution in [3.8, 4) is 11.4 Å². The second kappa shape index (κ2) is 11.5. The normalized spacial score (nSPS) is 11.3. The first-order valence-electron chi connectivity index (χ1n) is 11.7. The van der Waals surface area contributed by atoms with Gasteiger partial charge in [-0.2, -0.15) is 0 Å². The fourth-order valence-electron chi connectivity index (χ4n) is 3.78. The van der Waals surface area contributed by atoms with Crippen LogP contribution >= 0.6 is 23.1 Å². The molecular weight excluding hydrogens is 591 g/mol. The van der Waals surface area contributed by atoms with Crippen molar-refractivity contribution in [1.29, 1.82) is 0 Å². The third kappa shape index (κ3) is 5.82. The molecule has 208 valence electrons. The topological polar surface area (TPSA) is 163 Å². The second-order valence-corrected chi connectivity index (χ2v) is 12.5. The molecule has 5 aromatic rings. The lowest BCUT2D eigenvalue weighted by Gasteiger charge is -2.14. The molecule has 2 heterocycles. The average molecular weight is 610 g/mol. The Morgan fingerprint density at radius 2 is 1.88 bits per heavy atom. The quantitative estimate of drug-likeness (QED) is 0.110. The van der Waals surface area contributed by atoms with Gasteiger partial charge in [0.2, 0.25) is 15.7 Å². The summed E-state index contributed by atoms with van der Waals surface area (Å²) < 4.78 is 32.4. The number of para-hydroxylation sites is 1. The lowest BCUT2D eigenvalue weighted by Crippen LogP contribution is -2.23. The van der Waals surface area contributed by atoms with Crippen molar-refractivity contribution < 1.29 is 22.9 Å². The number of amides is 1. The molecule has 0 aliphatic heterocycles. The number of thiazole rings is 1. The van der Waals surface area contributed by atoms with E-state index >= 15 is 0 Å². The average Bonchev–Trinajstić information content (AvgIpc) is 3.45. The largest absolute Gasteiger partial charge is 0.497 e. The number of rotatable bonds is 9. The molecule has 15 heteroatoms. The van der Waals surface area contributed by atoms with Crippen molar-refractivity contribution in [2.75, 3.05) is 18.2 Å². The van der Waals surface area contributed by atoms with E-state index in [2.05, 4.69) is 15.3 Å². The third-order valence-electron chi connectivity index (χ3n) is 5.74. The number of sulfone groups is 1. The summed E-state index contributed by atoms with van der Waals surface area (Å²) in [6.45, 7) is 0. The lowest BCUT2D eigenvalue weighted by atomic mass is 10.2. The Kier molecular flexibility index (Phi) is 7.83.